The van der Waals surface area contributed by atoms with Crippen molar-refractivity contribution in [2.75, 3.05) is 11.1 Å². The van der Waals surface area contributed by atoms with Gasteiger partial charge in [0.05, 0.1) is 16.3 Å². The molecule has 1 aliphatic rings. The summed E-state index contributed by atoms with van der Waals surface area (Å²) in [7, 11) is -3.69. The lowest BCUT2D eigenvalue weighted by molar-refractivity contribution is -0.121. The predicted octanol–water partition coefficient (Wildman–Crippen LogP) is 3.13. The van der Waals surface area contributed by atoms with Gasteiger partial charge >= 0.3 is 0 Å². The first-order valence-electron chi connectivity index (χ1n) is 9.07. The van der Waals surface area contributed by atoms with Crippen LogP contribution in [0, 0.1) is 5.82 Å². The molecule has 0 fully saturated rings. The third kappa shape index (κ3) is 5.80. The highest BCUT2D eigenvalue weighted by Crippen LogP contribution is 2.36. The summed E-state index contributed by atoms with van der Waals surface area (Å²) in [4.78, 5) is 24.8. The number of hydrogen-bond acceptors (Lipinski definition) is 5. The molecule has 0 unspecified atom stereocenters. The normalized spacial score (nSPS) is 16.5. The van der Waals surface area contributed by atoms with E-state index in [0.29, 0.717) is 12.1 Å². The molecule has 3 rings (SSSR count). The Morgan fingerprint density at radius 3 is 2.69 bits per heavy atom. The van der Waals surface area contributed by atoms with Gasteiger partial charge in [-0.15, -0.1) is 11.8 Å². The average molecular weight is 437 g/mol. The van der Waals surface area contributed by atoms with E-state index in [2.05, 4.69) is 10.6 Å². The Labute approximate surface area is 173 Å². The summed E-state index contributed by atoms with van der Waals surface area (Å²) in [5.74, 6) is -1.28. The molecule has 9 heteroatoms. The first kappa shape index (κ1) is 21.3. The maximum Gasteiger partial charge on any atom is 0.225 e. The molecule has 1 atom stereocenters. The Morgan fingerprint density at radius 2 is 1.97 bits per heavy atom. The minimum absolute atomic E-state index is 0.0676. The molecule has 0 saturated carbocycles. The molecule has 0 bridgehead atoms. The second kappa shape index (κ2) is 8.96. The lowest BCUT2D eigenvalue weighted by Crippen LogP contribution is -2.25. The number of halogens is 1. The SMILES string of the molecule is C[C@H]1CC(=O)Nc2cc(S(=O)(=O)CCC(=O)NCc3ccc(F)cc3)ccc2S1. The van der Waals surface area contributed by atoms with Gasteiger partial charge in [0.2, 0.25) is 11.8 Å². The number of anilines is 1. The molecule has 0 aliphatic carbocycles. The van der Waals surface area contributed by atoms with Crippen molar-refractivity contribution in [3.63, 3.8) is 0 Å². The zero-order valence-corrected chi connectivity index (χ0v) is 17.4. The largest absolute Gasteiger partial charge is 0.352 e. The molecule has 1 heterocycles. The van der Waals surface area contributed by atoms with Crippen molar-refractivity contribution in [3.8, 4) is 0 Å². The number of amides is 2. The third-order valence-corrected chi connectivity index (χ3v) is 7.28. The Kier molecular flexibility index (Phi) is 6.59. The fourth-order valence-electron chi connectivity index (χ4n) is 2.86. The quantitative estimate of drug-likeness (QED) is 0.726. The van der Waals surface area contributed by atoms with Gasteiger partial charge in [-0.2, -0.15) is 0 Å². The second-order valence-electron chi connectivity index (χ2n) is 6.81. The van der Waals surface area contributed by atoms with Gasteiger partial charge in [-0.05, 0) is 35.9 Å². The van der Waals surface area contributed by atoms with E-state index < -0.39 is 15.7 Å². The highest BCUT2D eigenvalue weighted by molar-refractivity contribution is 8.00. The van der Waals surface area contributed by atoms with Crippen molar-refractivity contribution in [1.29, 1.82) is 0 Å². The third-order valence-electron chi connectivity index (χ3n) is 4.39. The van der Waals surface area contributed by atoms with Crippen LogP contribution in [-0.2, 0) is 26.0 Å². The fraction of sp³-hybridized carbons (Fsp3) is 0.300. The van der Waals surface area contributed by atoms with E-state index in [-0.39, 0.29) is 40.6 Å². The highest BCUT2D eigenvalue weighted by atomic mass is 32.2. The van der Waals surface area contributed by atoms with Gasteiger partial charge in [0.1, 0.15) is 5.82 Å². The smallest absolute Gasteiger partial charge is 0.225 e. The number of hydrogen-bond donors (Lipinski definition) is 2. The lowest BCUT2D eigenvalue weighted by Gasteiger charge is -2.11. The number of benzene rings is 2. The first-order chi connectivity index (χ1) is 13.7. The lowest BCUT2D eigenvalue weighted by atomic mass is 10.2. The molecule has 2 amide bonds. The maximum atomic E-state index is 12.9. The first-order valence-corrected chi connectivity index (χ1v) is 11.6. The monoisotopic (exact) mass is 436 g/mol. The van der Waals surface area contributed by atoms with Crippen molar-refractivity contribution in [3.05, 3.63) is 53.8 Å². The molecular formula is C20H21FN2O4S2. The molecular weight excluding hydrogens is 415 g/mol. The number of nitrogens with one attached hydrogen (secondary N) is 2. The molecule has 1 aliphatic heterocycles. The van der Waals surface area contributed by atoms with E-state index in [0.717, 1.165) is 10.5 Å². The van der Waals surface area contributed by atoms with E-state index in [1.165, 1.54) is 36.0 Å². The second-order valence-corrected chi connectivity index (χ2v) is 10.4. The summed E-state index contributed by atoms with van der Waals surface area (Å²) in [5, 5.41) is 5.47. The molecule has 6 nitrogen and oxygen atoms in total. The van der Waals surface area contributed by atoms with Crippen LogP contribution in [0.25, 0.3) is 0 Å². The summed E-state index contributed by atoms with van der Waals surface area (Å²) >= 11 is 1.51. The topological polar surface area (TPSA) is 92.3 Å². The summed E-state index contributed by atoms with van der Waals surface area (Å²) in [6.45, 7) is 2.13. The van der Waals surface area contributed by atoms with Crippen LogP contribution in [-0.4, -0.2) is 31.2 Å². The Balaban J connectivity index is 1.61. The van der Waals surface area contributed by atoms with Crippen LogP contribution in [0.2, 0.25) is 0 Å². The Hall–Kier alpha value is -2.39. The van der Waals surface area contributed by atoms with Crippen LogP contribution < -0.4 is 10.6 Å². The van der Waals surface area contributed by atoms with Gasteiger partial charge in [-0.1, -0.05) is 19.1 Å². The van der Waals surface area contributed by atoms with Crippen LogP contribution in [0.4, 0.5) is 10.1 Å². The summed E-state index contributed by atoms with van der Waals surface area (Å²) < 4.78 is 38.1. The average Bonchev–Trinajstić information content (AvgIpc) is 2.81. The van der Waals surface area contributed by atoms with Crippen molar-refractivity contribution < 1.29 is 22.4 Å². The summed E-state index contributed by atoms with van der Waals surface area (Å²) in [6.07, 6.45) is 0.161. The molecule has 0 spiro atoms. The number of thioether (sulfide) groups is 1. The van der Waals surface area contributed by atoms with Gasteiger partial charge in [0.25, 0.3) is 0 Å². The molecule has 2 N–H and O–H groups in total. The molecule has 0 aromatic heterocycles. The molecule has 0 saturated heterocycles. The van der Waals surface area contributed by atoms with Crippen LogP contribution in [0.15, 0.2) is 52.3 Å². The van der Waals surface area contributed by atoms with Gasteiger partial charge in [0.15, 0.2) is 9.84 Å². The number of rotatable bonds is 6. The van der Waals surface area contributed by atoms with E-state index in [1.807, 2.05) is 6.92 Å². The van der Waals surface area contributed by atoms with Gasteiger partial charge in [0, 0.05) is 29.5 Å². The van der Waals surface area contributed by atoms with Crippen molar-refractivity contribution in [2.45, 2.75) is 41.4 Å². The number of sulfone groups is 1. The van der Waals surface area contributed by atoms with E-state index in [1.54, 1.807) is 18.2 Å². The van der Waals surface area contributed by atoms with Crippen molar-refractivity contribution in [1.82, 2.24) is 5.32 Å². The van der Waals surface area contributed by atoms with E-state index in [9.17, 15) is 22.4 Å². The maximum absolute atomic E-state index is 12.9. The van der Waals surface area contributed by atoms with E-state index in [4.69, 9.17) is 0 Å². The van der Waals surface area contributed by atoms with Crippen LogP contribution in [0.3, 0.4) is 0 Å². The van der Waals surface area contributed by atoms with Gasteiger partial charge in [-0.25, -0.2) is 12.8 Å². The van der Waals surface area contributed by atoms with E-state index >= 15 is 0 Å². The van der Waals surface area contributed by atoms with Gasteiger partial charge < -0.3 is 10.6 Å². The van der Waals surface area contributed by atoms with Gasteiger partial charge in [-0.3, -0.25) is 9.59 Å². The van der Waals surface area contributed by atoms with Crippen LogP contribution >= 0.6 is 11.8 Å². The minimum atomic E-state index is -3.69. The molecule has 2 aromatic carbocycles. The molecule has 29 heavy (non-hydrogen) atoms. The molecule has 2 aromatic rings. The zero-order valence-electron chi connectivity index (χ0n) is 15.8. The number of carbonyl (C=O) groups is 2. The highest BCUT2D eigenvalue weighted by Gasteiger charge is 2.22. The van der Waals surface area contributed by atoms with Crippen molar-refractivity contribution >= 4 is 39.1 Å². The molecule has 154 valence electrons. The van der Waals surface area contributed by atoms with Crippen molar-refractivity contribution in [2.24, 2.45) is 0 Å². The standard InChI is InChI=1S/C20H21FN2O4S2/c1-13-10-20(25)23-17-11-16(6-7-18(17)28-13)29(26,27)9-8-19(24)22-12-14-2-4-15(21)5-3-14/h2-7,11,13H,8-10,12H2,1H3,(H,22,24)(H,23,25)/t13-/m0/s1. The number of fused-ring (bicyclic) bond motifs is 1. The number of carbonyl (C=O) groups excluding carboxylic acids is 2. The Bertz CT molecular complexity index is 1020. The summed E-state index contributed by atoms with van der Waals surface area (Å²) in [6, 6.07) is 10.3. The minimum Gasteiger partial charge on any atom is -0.352 e. The summed E-state index contributed by atoms with van der Waals surface area (Å²) in [5.41, 5.74) is 1.20. The predicted molar refractivity (Wildman–Crippen MR) is 110 cm³/mol. The zero-order chi connectivity index (χ0) is 21.0. The van der Waals surface area contributed by atoms with Crippen LogP contribution in [0.5, 0.6) is 0 Å². The molecule has 0 radical (unpaired) electrons. The Morgan fingerprint density at radius 1 is 1.24 bits per heavy atom. The van der Waals surface area contributed by atoms with Crippen LogP contribution in [0.1, 0.15) is 25.3 Å². The fourth-order valence-corrected chi connectivity index (χ4v) is 5.17.